The maximum Gasteiger partial charge on any atom is 0.232 e. The first-order valence-electron chi connectivity index (χ1n) is 9.60. The van der Waals surface area contributed by atoms with Crippen molar-refractivity contribution in [3.63, 3.8) is 0 Å². The van der Waals surface area contributed by atoms with Gasteiger partial charge in [0.2, 0.25) is 5.95 Å². The summed E-state index contributed by atoms with van der Waals surface area (Å²) in [5.74, 6) is 1.65. The van der Waals surface area contributed by atoms with Crippen LogP contribution in [-0.4, -0.2) is 46.1 Å². The van der Waals surface area contributed by atoms with Crippen molar-refractivity contribution in [2.45, 2.75) is 17.8 Å². The van der Waals surface area contributed by atoms with E-state index in [9.17, 15) is 0 Å². The van der Waals surface area contributed by atoms with Crippen LogP contribution in [0.1, 0.15) is 10.6 Å². The molecular formula is C21H21N5OS2. The minimum atomic E-state index is 0.717. The molecule has 0 bridgehead atoms. The number of anilines is 1. The number of aryl methyl sites for hydroxylation is 1. The summed E-state index contributed by atoms with van der Waals surface area (Å²) in [5, 5.41) is 11.1. The normalized spacial score (nSPS) is 14.6. The number of aromatic nitrogens is 4. The molecule has 0 saturated carbocycles. The molecule has 2 aromatic carbocycles. The predicted octanol–water partition coefficient (Wildman–Crippen LogP) is 4.31. The van der Waals surface area contributed by atoms with E-state index in [1.165, 1.54) is 10.3 Å². The zero-order valence-electron chi connectivity index (χ0n) is 16.1. The van der Waals surface area contributed by atoms with E-state index in [2.05, 4.69) is 69.1 Å². The van der Waals surface area contributed by atoms with Crippen molar-refractivity contribution < 1.29 is 4.74 Å². The van der Waals surface area contributed by atoms with Crippen LogP contribution in [-0.2, 0) is 10.5 Å². The van der Waals surface area contributed by atoms with E-state index in [1.807, 2.05) is 6.07 Å². The highest BCUT2D eigenvalue weighted by Gasteiger charge is 2.22. The summed E-state index contributed by atoms with van der Waals surface area (Å²) in [7, 11) is 0. The van der Waals surface area contributed by atoms with Gasteiger partial charge >= 0.3 is 0 Å². The minimum absolute atomic E-state index is 0.717. The molecule has 0 aliphatic carbocycles. The molecule has 1 aliphatic heterocycles. The van der Waals surface area contributed by atoms with Gasteiger partial charge in [-0.15, -0.1) is 21.5 Å². The number of nitrogens with zero attached hydrogens (tertiary/aromatic N) is 5. The van der Waals surface area contributed by atoms with E-state index in [-0.39, 0.29) is 0 Å². The maximum absolute atomic E-state index is 5.52. The standard InChI is InChI=1S/C21H21N5OS2/c1-15-5-4-6-16(13-15)26-20(25-9-11-27-12-10-25)23-24-21(26)28-14-19-22-17-7-2-3-8-18(17)29-19/h2-8,13H,9-12,14H2,1H3. The number of thioether (sulfide) groups is 1. The summed E-state index contributed by atoms with van der Waals surface area (Å²) in [4.78, 5) is 7.00. The van der Waals surface area contributed by atoms with Crippen LogP contribution >= 0.6 is 23.1 Å². The zero-order chi connectivity index (χ0) is 19.6. The fraction of sp³-hybridized carbons (Fsp3) is 0.286. The van der Waals surface area contributed by atoms with Gasteiger partial charge in [0.05, 0.1) is 34.9 Å². The second kappa shape index (κ2) is 8.14. The highest BCUT2D eigenvalue weighted by Crippen LogP contribution is 2.31. The summed E-state index contributed by atoms with van der Waals surface area (Å²) in [6.07, 6.45) is 0. The second-order valence-electron chi connectivity index (χ2n) is 6.92. The van der Waals surface area contributed by atoms with Crippen molar-refractivity contribution in [1.29, 1.82) is 0 Å². The molecule has 4 aromatic rings. The first-order valence-corrected chi connectivity index (χ1v) is 11.4. The van der Waals surface area contributed by atoms with Crippen molar-refractivity contribution in [3.8, 4) is 5.69 Å². The van der Waals surface area contributed by atoms with Crippen molar-refractivity contribution in [2.75, 3.05) is 31.2 Å². The summed E-state index contributed by atoms with van der Waals surface area (Å²) >= 11 is 3.42. The number of hydrogen-bond donors (Lipinski definition) is 0. The summed E-state index contributed by atoms with van der Waals surface area (Å²) in [6, 6.07) is 16.7. The average Bonchev–Trinajstić information content (AvgIpc) is 3.36. The number of para-hydroxylation sites is 1. The Balaban J connectivity index is 1.47. The molecule has 6 nitrogen and oxygen atoms in total. The molecular weight excluding hydrogens is 402 g/mol. The Labute approximate surface area is 177 Å². The summed E-state index contributed by atoms with van der Waals surface area (Å²) in [5.41, 5.74) is 3.36. The Bertz CT molecular complexity index is 1100. The Morgan fingerprint density at radius 3 is 2.76 bits per heavy atom. The van der Waals surface area contributed by atoms with Gasteiger partial charge in [0.1, 0.15) is 5.01 Å². The molecule has 8 heteroatoms. The summed E-state index contributed by atoms with van der Waals surface area (Å²) in [6.45, 7) is 5.19. The molecule has 5 rings (SSSR count). The van der Waals surface area contributed by atoms with Crippen LogP contribution in [0, 0.1) is 6.92 Å². The van der Waals surface area contributed by atoms with Crippen LogP contribution in [0.4, 0.5) is 5.95 Å². The topological polar surface area (TPSA) is 56.1 Å². The number of fused-ring (bicyclic) bond motifs is 1. The van der Waals surface area contributed by atoms with Crippen molar-refractivity contribution in [1.82, 2.24) is 19.7 Å². The number of ether oxygens (including phenoxy) is 1. The van der Waals surface area contributed by atoms with Crippen molar-refractivity contribution >= 4 is 39.3 Å². The first-order chi connectivity index (χ1) is 14.3. The second-order valence-corrected chi connectivity index (χ2v) is 8.98. The van der Waals surface area contributed by atoms with Gasteiger partial charge in [0, 0.05) is 13.1 Å². The minimum Gasteiger partial charge on any atom is -0.378 e. The number of hydrogen-bond acceptors (Lipinski definition) is 7. The molecule has 0 amide bonds. The highest BCUT2D eigenvalue weighted by molar-refractivity contribution is 7.98. The molecule has 3 heterocycles. The van der Waals surface area contributed by atoms with E-state index in [0.717, 1.165) is 59.4 Å². The van der Waals surface area contributed by atoms with Crippen molar-refractivity contribution in [3.05, 3.63) is 59.1 Å². The molecule has 0 unspecified atom stereocenters. The van der Waals surface area contributed by atoms with Gasteiger partial charge in [-0.25, -0.2) is 4.98 Å². The average molecular weight is 424 g/mol. The third kappa shape index (κ3) is 3.88. The van der Waals surface area contributed by atoms with Crippen LogP contribution in [0.2, 0.25) is 0 Å². The monoisotopic (exact) mass is 423 g/mol. The van der Waals surface area contributed by atoms with Gasteiger partial charge in [-0.3, -0.25) is 4.57 Å². The third-order valence-corrected chi connectivity index (χ3v) is 6.99. The maximum atomic E-state index is 5.52. The smallest absolute Gasteiger partial charge is 0.232 e. The molecule has 148 valence electrons. The Kier molecular flexibility index (Phi) is 5.22. The first kappa shape index (κ1) is 18.6. The SMILES string of the molecule is Cc1cccc(-n2c(SCc3nc4ccccc4s3)nnc2N2CCOCC2)c1. The largest absolute Gasteiger partial charge is 0.378 e. The third-order valence-electron chi connectivity index (χ3n) is 4.83. The number of benzene rings is 2. The quantitative estimate of drug-likeness (QED) is 0.446. The fourth-order valence-corrected chi connectivity index (χ4v) is 5.33. The molecule has 0 spiro atoms. The molecule has 1 fully saturated rings. The van der Waals surface area contributed by atoms with Gasteiger partial charge < -0.3 is 9.64 Å². The van der Waals surface area contributed by atoms with E-state index in [4.69, 9.17) is 9.72 Å². The Morgan fingerprint density at radius 1 is 1.07 bits per heavy atom. The van der Waals surface area contributed by atoms with E-state index in [1.54, 1.807) is 23.1 Å². The molecule has 0 radical (unpaired) electrons. The van der Waals surface area contributed by atoms with Gasteiger partial charge in [0.25, 0.3) is 0 Å². The number of morpholine rings is 1. The fourth-order valence-electron chi connectivity index (χ4n) is 3.42. The molecule has 1 saturated heterocycles. The van der Waals surface area contributed by atoms with E-state index in [0.29, 0.717) is 0 Å². The van der Waals surface area contributed by atoms with Crippen molar-refractivity contribution in [2.24, 2.45) is 0 Å². The van der Waals surface area contributed by atoms with Crippen LogP contribution in [0.15, 0.2) is 53.7 Å². The lowest BCUT2D eigenvalue weighted by Gasteiger charge is -2.28. The zero-order valence-corrected chi connectivity index (χ0v) is 17.7. The van der Waals surface area contributed by atoms with Gasteiger partial charge in [-0.05, 0) is 36.8 Å². The molecule has 2 aromatic heterocycles. The van der Waals surface area contributed by atoms with Gasteiger partial charge in [-0.1, -0.05) is 36.0 Å². The number of thiazole rings is 1. The predicted molar refractivity (Wildman–Crippen MR) is 118 cm³/mol. The Morgan fingerprint density at radius 2 is 1.93 bits per heavy atom. The lowest BCUT2D eigenvalue weighted by molar-refractivity contribution is 0.122. The number of rotatable bonds is 5. The molecule has 0 atom stereocenters. The highest BCUT2D eigenvalue weighted by atomic mass is 32.2. The van der Waals surface area contributed by atoms with Gasteiger partial charge in [0.15, 0.2) is 5.16 Å². The van der Waals surface area contributed by atoms with Crippen LogP contribution in [0.3, 0.4) is 0 Å². The van der Waals surface area contributed by atoms with E-state index < -0.39 is 0 Å². The van der Waals surface area contributed by atoms with E-state index >= 15 is 0 Å². The lowest BCUT2D eigenvalue weighted by Crippen LogP contribution is -2.37. The van der Waals surface area contributed by atoms with Gasteiger partial charge in [-0.2, -0.15) is 0 Å². The van der Waals surface area contributed by atoms with Crippen LogP contribution in [0.25, 0.3) is 15.9 Å². The van der Waals surface area contributed by atoms with Crippen LogP contribution in [0.5, 0.6) is 0 Å². The molecule has 0 N–H and O–H groups in total. The van der Waals surface area contributed by atoms with Crippen LogP contribution < -0.4 is 4.90 Å². The summed E-state index contributed by atoms with van der Waals surface area (Å²) < 4.78 is 8.90. The molecule has 1 aliphatic rings. The Hall–Kier alpha value is -2.42. The molecule has 29 heavy (non-hydrogen) atoms. The lowest BCUT2D eigenvalue weighted by atomic mass is 10.2.